The van der Waals surface area contributed by atoms with Crippen LogP contribution in [0.5, 0.6) is 5.75 Å². The molecule has 1 N–H and O–H groups in total. The highest BCUT2D eigenvalue weighted by Crippen LogP contribution is 2.31. The van der Waals surface area contributed by atoms with Crippen molar-refractivity contribution in [1.82, 2.24) is 4.98 Å². The summed E-state index contributed by atoms with van der Waals surface area (Å²) in [7, 11) is 0. The van der Waals surface area contributed by atoms with Crippen molar-refractivity contribution in [2.24, 2.45) is 15.2 Å². The van der Waals surface area contributed by atoms with Crippen molar-refractivity contribution in [3.8, 4) is 17.2 Å². The zero-order valence-electron chi connectivity index (χ0n) is 18.5. The minimum Gasteiger partial charge on any atom is -0.507 e. The van der Waals surface area contributed by atoms with Gasteiger partial charge < -0.3 is 9.52 Å². The lowest BCUT2D eigenvalue weighted by Crippen LogP contribution is -1.84. The molecule has 0 aliphatic rings. The SMILES string of the molecule is Cc1ccc(-c2nc3cc(Cl)ccc3o2)cc1N=Cc1cc(N=Nc2ccc(Cl)cc2)ccc1O. The molecule has 0 saturated carbocycles. The number of oxazole rings is 1. The van der Waals surface area contributed by atoms with E-state index in [2.05, 4.69) is 20.2 Å². The first kappa shape index (κ1) is 22.8. The first-order valence-electron chi connectivity index (χ1n) is 10.7. The van der Waals surface area contributed by atoms with Gasteiger partial charge in [-0.25, -0.2) is 4.98 Å². The molecule has 0 atom stereocenters. The molecule has 0 unspecified atom stereocenters. The molecule has 35 heavy (non-hydrogen) atoms. The van der Waals surface area contributed by atoms with Gasteiger partial charge in [0, 0.05) is 27.4 Å². The van der Waals surface area contributed by atoms with Gasteiger partial charge in [0.15, 0.2) is 5.58 Å². The van der Waals surface area contributed by atoms with Gasteiger partial charge >= 0.3 is 0 Å². The highest BCUT2D eigenvalue weighted by molar-refractivity contribution is 6.31. The van der Waals surface area contributed by atoms with Gasteiger partial charge in [0.1, 0.15) is 11.3 Å². The van der Waals surface area contributed by atoms with E-state index >= 15 is 0 Å². The fraction of sp³-hybridized carbons (Fsp3) is 0.0370. The van der Waals surface area contributed by atoms with E-state index in [1.165, 1.54) is 0 Å². The number of halogens is 2. The number of benzene rings is 4. The van der Waals surface area contributed by atoms with Crippen molar-refractivity contribution < 1.29 is 9.52 Å². The Labute approximate surface area is 211 Å². The Morgan fingerprint density at radius 3 is 2.40 bits per heavy atom. The Morgan fingerprint density at radius 1 is 0.829 bits per heavy atom. The molecule has 0 bridgehead atoms. The number of hydrogen-bond acceptors (Lipinski definition) is 6. The normalized spacial score (nSPS) is 11.7. The molecule has 0 amide bonds. The number of aromatic nitrogens is 1. The van der Waals surface area contributed by atoms with Crippen LogP contribution >= 0.6 is 23.2 Å². The van der Waals surface area contributed by atoms with Crippen LogP contribution in [-0.2, 0) is 0 Å². The van der Waals surface area contributed by atoms with Crippen LogP contribution in [-0.4, -0.2) is 16.3 Å². The first-order chi connectivity index (χ1) is 16.9. The summed E-state index contributed by atoms with van der Waals surface area (Å²) in [5.41, 5.74) is 5.57. The topological polar surface area (TPSA) is 83.3 Å². The molecule has 0 spiro atoms. The molecular weight excluding hydrogens is 483 g/mol. The third kappa shape index (κ3) is 5.24. The van der Waals surface area contributed by atoms with Gasteiger partial charge in [0.25, 0.3) is 0 Å². The van der Waals surface area contributed by atoms with Crippen LogP contribution in [0.3, 0.4) is 0 Å². The summed E-state index contributed by atoms with van der Waals surface area (Å²) in [6.07, 6.45) is 1.59. The Bertz CT molecular complexity index is 1590. The zero-order valence-corrected chi connectivity index (χ0v) is 20.0. The van der Waals surface area contributed by atoms with Gasteiger partial charge in [-0.1, -0.05) is 29.3 Å². The van der Waals surface area contributed by atoms with Gasteiger partial charge in [-0.15, -0.1) is 0 Å². The minimum atomic E-state index is 0.0869. The molecule has 5 rings (SSSR count). The molecule has 0 aliphatic heterocycles. The van der Waals surface area contributed by atoms with Crippen LogP contribution < -0.4 is 0 Å². The molecule has 1 heterocycles. The Balaban J connectivity index is 1.42. The molecule has 0 fully saturated rings. The van der Waals surface area contributed by atoms with Crippen molar-refractivity contribution in [3.63, 3.8) is 0 Å². The number of aryl methyl sites for hydroxylation is 1. The smallest absolute Gasteiger partial charge is 0.227 e. The number of rotatable bonds is 5. The maximum atomic E-state index is 10.3. The third-order valence-electron chi connectivity index (χ3n) is 5.27. The average molecular weight is 501 g/mol. The quantitative estimate of drug-likeness (QED) is 0.193. The van der Waals surface area contributed by atoms with Crippen molar-refractivity contribution in [2.75, 3.05) is 0 Å². The summed E-state index contributed by atoms with van der Waals surface area (Å²) < 4.78 is 5.88. The first-order valence-corrected chi connectivity index (χ1v) is 11.4. The van der Waals surface area contributed by atoms with E-state index in [-0.39, 0.29) is 5.75 Å². The molecule has 172 valence electrons. The number of phenolic OH excluding ortho intramolecular Hbond substituents is 1. The lowest BCUT2D eigenvalue weighted by molar-refractivity contribution is 0.474. The molecule has 6 nitrogen and oxygen atoms in total. The van der Waals surface area contributed by atoms with Gasteiger partial charge in [-0.3, -0.25) is 4.99 Å². The number of phenols is 1. The van der Waals surface area contributed by atoms with Crippen LogP contribution in [0.4, 0.5) is 17.1 Å². The standard InChI is InChI=1S/C27H18Cl2N4O2/c1-16-2-3-17(27-31-24-14-20(29)6-11-26(24)35-27)13-23(16)30-15-18-12-22(9-10-25(18)34)33-32-21-7-4-19(28)5-8-21/h2-15,34H,1H3. The average Bonchev–Trinajstić information content (AvgIpc) is 3.27. The van der Waals surface area contributed by atoms with Gasteiger partial charge in [-0.2, -0.15) is 10.2 Å². The molecule has 0 aliphatic carbocycles. The van der Waals surface area contributed by atoms with E-state index in [9.17, 15) is 5.11 Å². The van der Waals surface area contributed by atoms with Crippen LogP contribution in [0.2, 0.25) is 10.0 Å². The van der Waals surface area contributed by atoms with Crippen LogP contribution in [0, 0.1) is 6.92 Å². The van der Waals surface area contributed by atoms with Crippen LogP contribution in [0.25, 0.3) is 22.6 Å². The number of hydrogen-bond donors (Lipinski definition) is 1. The lowest BCUT2D eigenvalue weighted by Gasteiger charge is -2.04. The number of azo groups is 1. The highest BCUT2D eigenvalue weighted by atomic mass is 35.5. The fourth-order valence-corrected chi connectivity index (χ4v) is 3.67. The highest BCUT2D eigenvalue weighted by Gasteiger charge is 2.10. The van der Waals surface area contributed by atoms with E-state index in [1.807, 2.05) is 25.1 Å². The second-order valence-electron chi connectivity index (χ2n) is 7.81. The van der Waals surface area contributed by atoms with Gasteiger partial charge in [-0.05, 0) is 85.3 Å². The van der Waals surface area contributed by atoms with Crippen molar-refractivity contribution in [3.05, 3.63) is 100 Å². The van der Waals surface area contributed by atoms with E-state index in [1.54, 1.807) is 66.9 Å². The van der Waals surface area contributed by atoms with E-state index in [4.69, 9.17) is 27.6 Å². The number of aromatic hydroxyl groups is 1. The Hall–Kier alpha value is -4.00. The number of fused-ring (bicyclic) bond motifs is 1. The molecule has 0 saturated heterocycles. The van der Waals surface area contributed by atoms with Crippen molar-refractivity contribution in [2.45, 2.75) is 6.92 Å². The molecule has 8 heteroatoms. The van der Waals surface area contributed by atoms with Gasteiger partial charge in [0.05, 0.1) is 17.1 Å². The third-order valence-corrected chi connectivity index (χ3v) is 5.75. The maximum absolute atomic E-state index is 10.3. The number of aliphatic imine (C=N–C) groups is 1. The molecule has 0 radical (unpaired) electrons. The van der Waals surface area contributed by atoms with Crippen LogP contribution in [0.15, 0.2) is 98.5 Å². The zero-order chi connectivity index (χ0) is 24.4. The molecular formula is C27H18Cl2N4O2. The predicted molar refractivity (Wildman–Crippen MR) is 140 cm³/mol. The molecule has 5 aromatic rings. The van der Waals surface area contributed by atoms with Crippen molar-refractivity contribution >= 4 is 57.6 Å². The monoisotopic (exact) mass is 500 g/mol. The van der Waals surface area contributed by atoms with E-state index in [0.29, 0.717) is 44.0 Å². The fourth-order valence-electron chi connectivity index (χ4n) is 3.38. The minimum absolute atomic E-state index is 0.0869. The summed E-state index contributed by atoms with van der Waals surface area (Å²) in [5, 5.41) is 20.0. The summed E-state index contributed by atoms with van der Waals surface area (Å²) >= 11 is 12.0. The van der Waals surface area contributed by atoms with Crippen molar-refractivity contribution in [1.29, 1.82) is 0 Å². The Kier molecular flexibility index (Phi) is 6.31. The van der Waals surface area contributed by atoms with Crippen LogP contribution in [0.1, 0.15) is 11.1 Å². The van der Waals surface area contributed by atoms with E-state index < -0.39 is 0 Å². The summed E-state index contributed by atoms with van der Waals surface area (Å²) in [6.45, 7) is 1.96. The number of nitrogens with zero attached hydrogens (tertiary/aromatic N) is 4. The maximum Gasteiger partial charge on any atom is 0.227 e. The second-order valence-corrected chi connectivity index (χ2v) is 8.68. The lowest BCUT2D eigenvalue weighted by atomic mass is 10.1. The summed E-state index contributed by atoms with van der Waals surface area (Å²) in [6, 6.07) is 23.1. The summed E-state index contributed by atoms with van der Waals surface area (Å²) in [4.78, 5) is 9.13. The second kappa shape index (κ2) is 9.70. The van der Waals surface area contributed by atoms with E-state index in [0.717, 1.165) is 16.8 Å². The summed E-state index contributed by atoms with van der Waals surface area (Å²) in [5.74, 6) is 0.565. The molecule has 1 aromatic heterocycles. The predicted octanol–water partition coefficient (Wildman–Crippen LogP) is 8.98. The molecule has 4 aromatic carbocycles. The Morgan fingerprint density at radius 2 is 1.57 bits per heavy atom. The van der Waals surface area contributed by atoms with Gasteiger partial charge in [0.2, 0.25) is 5.89 Å². The largest absolute Gasteiger partial charge is 0.507 e.